The number of aryl methyl sites for hydroxylation is 1. The Morgan fingerprint density at radius 3 is 2.95 bits per heavy atom. The smallest absolute Gasteiger partial charge is 0.310 e. The number of hydrogen-bond donors (Lipinski definition) is 1. The number of anilines is 1. The van der Waals surface area contributed by atoms with E-state index in [-0.39, 0.29) is 35.7 Å². The van der Waals surface area contributed by atoms with Crippen LogP contribution >= 0.6 is 0 Å². The van der Waals surface area contributed by atoms with Crippen LogP contribution in [0.4, 0.5) is 5.69 Å². The van der Waals surface area contributed by atoms with Gasteiger partial charge in [0.2, 0.25) is 5.91 Å². The second-order valence-electron chi connectivity index (χ2n) is 6.42. The van der Waals surface area contributed by atoms with E-state index in [4.69, 9.17) is 4.74 Å². The topological polar surface area (TPSA) is 55.4 Å². The summed E-state index contributed by atoms with van der Waals surface area (Å²) in [4.78, 5) is 24.7. The summed E-state index contributed by atoms with van der Waals surface area (Å²) in [5.74, 6) is 0.0123. The van der Waals surface area contributed by atoms with Gasteiger partial charge in [-0.15, -0.1) is 0 Å². The molecule has 110 valence electrons. The highest BCUT2D eigenvalue weighted by Crippen LogP contribution is 2.57. The Balaban J connectivity index is 1.57. The molecule has 0 spiro atoms. The monoisotopic (exact) mass is 285 g/mol. The van der Waals surface area contributed by atoms with Gasteiger partial charge in [-0.05, 0) is 36.8 Å². The molecule has 3 fully saturated rings. The minimum absolute atomic E-state index is 0.00861. The Labute approximate surface area is 123 Å². The number of para-hydroxylation sites is 1. The lowest BCUT2D eigenvalue weighted by atomic mass is 9.79. The van der Waals surface area contributed by atoms with Gasteiger partial charge in [-0.3, -0.25) is 9.59 Å². The van der Waals surface area contributed by atoms with Gasteiger partial charge in [-0.2, -0.15) is 0 Å². The van der Waals surface area contributed by atoms with Gasteiger partial charge < -0.3 is 10.1 Å². The van der Waals surface area contributed by atoms with Crippen molar-refractivity contribution < 1.29 is 14.3 Å². The molecule has 1 aliphatic heterocycles. The number of nitrogens with one attached hydrogen (secondary N) is 1. The van der Waals surface area contributed by atoms with Crippen molar-refractivity contribution in [1.82, 2.24) is 0 Å². The highest BCUT2D eigenvalue weighted by molar-refractivity contribution is 5.97. The van der Waals surface area contributed by atoms with Crippen molar-refractivity contribution in [2.75, 3.05) is 5.32 Å². The maximum absolute atomic E-state index is 12.7. The van der Waals surface area contributed by atoms with Gasteiger partial charge in [0.25, 0.3) is 0 Å². The summed E-state index contributed by atoms with van der Waals surface area (Å²) in [5, 5.41) is 3.04. The first-order valence-corrected chi connectivity index (χ1v) is 7.78. The Morgan fingerprint density at radius 1 is 1.33 bits per heavy atom. The van der Waals surface area contributed by atoms with Crippen molar-refractivity contribution in [2.24, 2.45) is 23.7 Å². The fraction of sp³-hybridized carbons (Fsp3) is 0.529. The number of ether oxygens (including phenoxy) is 1. The van der Waals surface area contributed by atoms with Gasteiger partial charge in [-0.25, -0.2) is 0 Å². The van der Waals surface area contributed by atoms with Crippen LogP contribution in [0.15, 0.2) is 24.3 Å². The average molecular weight is 285 g/mol. The third-order valence-corrected chi connectivity index (χ3v) is 5.44. The number of carbonyl (C=O) groups excluding carboxylic acids is 2. The molecule has 4 heteroatoms. The van der Waals surface area contributed by atoms with Crippen LogP contribution in [-0.4, -0.2) is 18.0 Å². The molecule has 21 heavy (non-hydrogen) atoms. The van der Waals surface area contributed by atoms with Crippen molar-refractivity contribution in [3.63, 3.8) is 0 Å². The predicted octanol–water partition coefficient (Wildman–Crippen LogP) is 2.39. The first-order valence-electron chi connectivity index (χ1n) is 7.78. The first kappa shape index (κ1) is 12.9. The zero-order valence-electron chi connectivity index (χ0n) is 12.0. The van der Waals surface area contributed by atoms with Crippen LogP contribution < -0.4 is 5.32 Å². The minimum Gasteiger partial charge on any atom is -0.462 e. The van der Waals surface area contributed by atoms with E-state index in [2.05, 4.69) is 12.2 Å². The van der Waals surface area contributed by atoms with Gasteiger partial charge in [0.05, 0.1) is 11.8 Å². The van der Waals surface area contributed by atoms with Gasteiger partial charge in [0.1, 0.15) is 6.10 Å². The molecular weight excluding hydrogens is 266 g/mol. The van der Waals surface area contributed by atoms with Crippen molar-refractivity contribution in [3.8, 4) is 0 Å². The van der Waals surface area contributed by atoms with Crippen LogP contribution in [0, 0.1) is 23.7 Å². The molecule has 2 bridgehead atoms. The van der Waals surface area contributed by atoms with Crippen molar-refractivity contribution in [3.05, 3.63) is 29.8 Å². The second-order valence-corrected chi connectivity index (χ2v) is 6.42. The molecule has 3 aliphatic rings. The predicted molar refractivity (Wildman–Crippen MR) is 77.5 cm³/mol. The number of esters is 1. The van der Waals surface area contributed by atoms with Crippen LogP contribution in [0.5, 0.6) is 0 Å². The zero-order valence-corrected chi connectivity index (χ0v) is 12.0. The van der Waals surface area contributed by atoms with Crippen LogP contribution in [-0.2, 0) is 20.7 Å². The van der Waals surface area contributed by atoms with E-state index < -0.39 is 0 Å². The molecule has 4 nitrogen and oxygen atoms in total. The Hall–Kier alpha value is -1.84. The molecule has 0 aromatic heterocycles. The Bertz CT molecular complexity index is 610. The lowest BCUT2D eigenvalue weighted by Gasteiger charge is -2.24. The fourth-order valence-corrected chi connectivity index (χ4v) is 4.53. The molecule has 2 aliphatic carbocycles. The Kier molecular flexibility index (Phi) is 2.81. The van der Waals surface area contributed by atoms with Crippen molar-refractivity contribution in [1.29, 1.82) is 0 Å². The van der Waals surface area contributed by atoms with E-state index in [0.29, 0.717) is 5.92 Å². The van der Waals surface area contributed by atoms with E-state index in [1.54, 1.807) is 0 Å². The standard InChI is InChI=1S/C17H19NO3/c1-2-9-5-3-4-6-12(9)18-16(19)14-10-7-11-13(8-10)21-17(20)15(11)14/h3-6,10-11,13-15H,2,7-8H2,1H3,(H,18,19)/t10-,11+,13-,14-,15-/m1/s1. The molecule has 1 N–H and O–H groups in total. The fourth-order valence-electron chi connectivity index (χ4n) is 4.53. The molecule has 1 aromatic carbocycles. The van der Waals surface area contributed by atoms with Crippen LogP contribution in [0.2, 0.25) is 0 Å². The second kappa shape index (κ2) is 4.58. The van der Waals surface area contributed by atoms with Gasteiger partial charge >= 0.3 is 5.97 Å². The van der Waals surface area contributed by atoms with Gasteiger partial charge in [0.15, 0.2) is 0 Å². The summed E-state index contributed by atoms with van der Waals surface area (Å²) in [6, 6.07) is 7.86. The quantitative estimate of drug-likeness (QED) is 0.868. The average Bonchev–Trinajstić information content (AvgIpc) is 3.09. The molecule has 4 rings (SSSR count). The van der Waals surface area contributed by atoms with E-state index >= 15 is 0 Å². The normalized spacial score (nSPS) is 35.9. The molecule has 1 aromatic rings. The SMILES string of the molecule is CCc1ccccc1NC(=O)[C@@H]1[C@@H]2C[C@@H]3[C@H]1C(=O)O[C@@H]3C2. The van der Waals surface area contributed by atoms with E-state index in [9.17, 15) is 9.59 Å². The van der Waals surface area contributed by atoms with Crippen LogP contribution in [0.1, 0.15) is 25.3 Å². The van der Waals surface area contributed by atoms with E-state index in [0.717, 1.165) is 30.5 Å². The largest absolute Gasteiger partial charge is 0.462 e. The van der Waals surface area contributed by atoms with E-state index in [1.165, 1.54) is 0 Å². The maximum Gasteiger partial charge on any atom is 0.310 e. The number of amides is 1. The summed E-state index contributed by atoms with van der Waals surface area (Å²) >= 11 is 0. The molecule has 0 unspecified atom stereocenters. The summed E-state index contributed by atoms with van der Waals surface area (Å²) in [7, 11) is 0. The summed E-state index contributed by atoms with van der Waals surface area (Å²) in [5.41, 5.74) is 2.00. The molecule has 0 radical (unpaired) electrons. The number of fused-ring (bicyclic) bond motifs is 1. The molecule has 1 heterocycles. The minimum atomic E-state index is -0.206. The number of hydrogen-bond acceptors (Lipinski definition) is 3. The summed E-state index contributed by atoms with van der Waals surface area (Å²) in [6.07, 6.45) is 2.79. The summed E-state index contributed by atoms with van der Waals surface area (Å²) in [6.45, 7) is 2.07. The summed E-state index contributed by atoms with van der Waals surface area (Å²) < 4.78 is 5.40. The van der Waals surface area contributed by atoms with Crippen molar-refractivity contribution >= 4 is 17.6 Å². The third kappa shape index (κ3) is 1.81. The maximum atomic E-state index is 12.7. The highest BCUT2D eigenvalue weighted by atomic mass is 16.6. The number of rotatable bonds is 3. The molecule has 1 saturated heterocycles. The molecule has 1 amide bonds. The Morgan fingerprint density at radius 2 is 2.14 bits per heavy atom. The highest BCUT2D eigenvalue weighted by Gasteiger charge is 2.63. The van der Waals surface area contributed by atoms with Crippen molar-refractivity contribution in [2.45, 2.75) is 32.3 Å². The lowest BCUT2D eigenvalue weighted by Crippen LogP contribution is -2.36. The molecule has 2 saturated carbocycles. The molecular formula is C17H19NO3. The number of carbonyl (C=O) groups is 2. The molecule has 5 atom stereocenters. The van der Waals surface area contributed by atoms with Gasteiger partial charge in [0, 0.05) is 11.6 Å². The van der Waals surface area contributed by atoms with Gasteiger partial charge in [-0.1, -0.05) is 25.1 Å². The number of benzene rings is 1. The van der Waals surface area contributed by atoms with E-state index in [1.807, 2.05) is 24.3 Å². The zero-order chi connectivity index (χ0) is 14.6. The van der Waals surface area contributed by atoms with Crippen LogP contribution in [0.25, 0.3) is 0 Å². The van der Waals surface area contributed by atoms with Crippen LogP contribution in [0.3, 0.4) is 0 Å². The third-order valence-electron chi connectivity index (χ3n) is 5.44. The lowest BCUT2D eigenvalue weighted by molar-refractivity contribution is -0.145. The first-order chi connectivity index (χ1) is 10.2.